The van der Waals surface area contributed by atoms with E-state index in [2.05, 4.69) is 17.1 Å². The Balaban J connectivity index is 2.12. The zero-order valence-electron chi connectivity index (χ0n) is 16.9. The van der Waals surface area contributed by atoms with Gasteiger partial charge >= 0.3 is 0 Å². The fourth-order valence-electron chi connectivity index (χ4n) is 4.30. The smallest absolute Gasteiger partial charge is 0.293 e. The maximum absolute atomic E-state index is 10.3. The molecule has 3 unspecified atom stereocenters. The van der Waals surface area contributed by atoms with E-state index in [1.807, 2.05) is 57.1 Å². The average molecular weight is 381 g/mol. The highest BCUT2D eigenvalue weighted by Gasteiger charge is 2.93. The predicted octanol–water partition coefficient (Wildman–Crippen LogP) is 2.75. The number of amidine groups is 1. The Hall–Kier alpha value is -2.61. The average Bonchev–Trinajstić information content (AvgIpc) is 3.28. The second kappa shape index (κ2) is 7.09. The first-order chi connectivity index (χ1) is 13.4. The van der Waals surface area contributed by atoms with Crippen molar-refractivity contribution in [2.45, 2.75) is 38.5 Å². The lowest BCUT2D eigenvalue weighted by Crippen LogP contribution is -2.44. The van der Waals surface area contributed by atoms with Crippen LogP contribution in [0.3, 0.4) is 0 Å². The van der Waals surface area contributed by atoms with E-state index in [0.29, 0.717) is 13.2 Å². The van der Waals surface area contributed by atoms with Crippen molar-refractivity contribution in [3.63, 3.8) is 0 Å². The van der Waals surface area contributed by atoms with E-state index in [4.69, 9.17) is 15.2 Å². The summed E-state index contributed by atoms with van der Waals surface area (Å²) in [5.41, 5.74) is 5.60. The molecule has 0 amide bonds. The van der Waals surface area contributed by atoms with Gasteiger partial charge in [0.05, 0.1) is 25.4 Å². The van der Waals surface area contributed by atoms with Gasteiger partial charge in [-0.1, -0.05) is 26.0 Å². The Morgan fingerprint density at radius 3 is 2.07 bits per heavy atom. The van der Waals surface area contributed by atoms with Crippen molar-refractivity contribution < 1.29 is 9.47 Å². The number of hydrogen-bond donors (Lipinski definition) is 1. The Kier molecular flexibility index (Phi) is 5.10. The van der Waals surface area contributed by atoms with E-state index in [-0.39, 0.29) is 5.84 Å². The van der Waals surface area contributed by atoms with E-state index in [1.54, 1.807) is 0 Å². The molecule has 0 aromatic heterocycles. The topological polar surface area (TPSA) is 108 Å². The molecule has 3 rings (SSSR count). The van der Waals surface area contributed by atoms with E-state index < -0.39 is 22.7 Å². The second-order valence-corrected chi connectivity index (χ2v) is 7.53. The molecular formula is C21H27N5O2. The van der Waals surface area contributed by atoms with Gasteiger partial charge in [0, 0.05) is 25.7 Å². The van der Waals surface area contributed by atoms with Crippen molar-refractivity contribution in [1.82, 2.24) is 0 Å². The fourth-order valence-corrected chi connectivity index (χ4v) is 4.30. The molecule has 0 spiro atoms. The van der Waals surface area contributed by atoms with Crippen LogP contribution >= 0.6 is 0 Å². The molecule has 2 aliphatic rings. The summed E-state index contributed by atoms with van der Waals surface area (Å²) in [7, 11) is 3.92. The number of nitrogens with zero attached hydrogens (tertiary/aromatic N) is 4. The van der Waals surface area contributed by atoms with E-state index in [1.165, 1.54) is 0 Å². The molecule has 3 atom stereocenters. The number of hydrogen-bond acceptors (Lipinski definition) is 7. The van der Waals surface area contributed by atoms with Crippen LogP contribution < -0.4 is 10.6 Å². The van der Waals surface area contributed by atoms with E-state index in [0.717, 1.165) is 24.1 Å². The third-order valence-corrected chi connectivity index (χ3v) is 5.67. The van der Waals surface area contributed by atoms with Gasteiger partial charge in [0.15, 0.2) is 5.41 Å². The molecule has 2 N–H and O–H groups in total. The third kappa shape index (κ3) is 2.37. The highest BCUT2D eigenvalue weighted by Crippen LogP contribution is 2.82. The van der Waals surface area contributed by atoms with Crippen molar-refractivity contribution in [3.05, 3.63) is 29.8 Å². The summed E-state index contributed by atoms with van der Waals surface area (Å²) in [6.45, 7) is 4.66. The predicted molar refractivity (Wildman–Crippen MR) is 106 cm³/mol. The zero-order valence-corrected chi connectivity index (χ0v) is 16.9. The number of fused-ring (bicyclic) bond motifs is 1. The maximum atomic E-state index is 10.3. The molecule has 1 aromatic rings. The van der Waals surface area contributed by atoms with Gasteiger partial charge in [-0.25, -0.2) is 4.99 Å². The number of anilines is 1. The molecule has 148 valence electrons. The van der Waals surface area contributed by atoms with Crippen LogP contribution in [0.4, 0.5) is 5.69 Å². The fraction of sp³-hybridized carbons (Fsp3) is 0.571. The summed E-state index contributed by atoms with van der Waals surface area (Å²) in [5.74, 6) is -1.90. The minimum absolute atomic E-state index is 0.116. The number of aliphatic imine (C=N–C) groups is 1. The normalized spacial score (nSPS) is 29.4. The molecule has 1 aliphatic carbocycles. The quantitative estimate of drug-likeness (QED) is 0.694. The number of benzene rings is 1. The van der Waals surface area contributed by atoms with Crippen molar-refractivity contribution in [2.24, 2.45) is 21.6 Å². The van der Waals surface area contributed by atoms with Crippen LogP contribution in [0, 0.1) is 33.5 Å². The lowest BCUT2D eigenvalue weighted by Gasteiger charge is -2.32. The molecule has 1 aromatic carbocycles. The summed E-state index contributed by atoms with van der Waals surface area (Å²) in [4.78, 5) is 6.42. The lowest BCUT2D eigenvalue weighted by molar-refractivity contribution is -0.259. The van der Waals surface area contributed by atoms with Crippen LogP contribution in [0.5, 0.6) is 0 Å². The minimum atomic E-state index is -1.56. The largest absolute Gasteiger partial charge is 0.386 e. The van der Waals surface area contributed by atoms with Gasteiger partial charge in [-0.2, -0.15) is 10.5 Å². The Morgan fingerprint density at radius 2 is 1.64 bits per heavy atom. The molecule has 1 heterocycles. The molecule has 0 bridgehead atoms. The number of nitrogens with two attached hydrogens (primary N) is 1. The van der Waals surface area contributed by atoms with Crippen LogP contribution in [-0.2, 0) is 9.47 Å². The first-order valence-corrected chi connectivity index (χ1v) is 9.64. The summed E-state index contributed by atoms with van der Waals surface area (Å²) in [6, 6.07) is 12.5. The third-order valence-electron chi connectivity index (χ3n) is 5.67. The van der Waals surface area contributed by atoms with Crippen molar-refractivity contribution in [3.8, 4) is 12.1 Å². The standard InChI is InChI=1S/C21H27N5O2/c1-5-11-27-21(28-12-6-2)20(14-23)17(19(20,13-22)18(24)25-21)15-7-9-16(10-8-15)26(3)4/h7-10,17H,5-6,11-12H2,1-4H3,(H2,24,25). The van der Waals surface area contributed by atoms with Crippen LogP contribution in [-0.4, -0.2) is 39.1 Å². The Labute approximate surface area is 166 Å². The second-order valence-electron chi connectivity index (χ2n) is 7.53. The van der Waals surface area contributed by atoms with Gasteiger partial charge in [0.25, 0.3) is 5.91 Å². The molecule has 0 radical (unpaired) electrons. The summed E-state index contributed by atoms with van der Waals surface area (Å²) in [6.07, 6.45) is 1.46. The van der Waals surface area contributed by atoms with Gasteiger partial charge in [-0.3, -0.25) is 0 Å². The Morgan fingerprint density at radius 1 is 1.07 bits per heavy atom. The summed E-state index contributed by atoms with van der Waals surface area (Å²) in [5, 5.41) is 20.4. The van der Waals surface area contributed by atoms with Crippen molar-refractivity contribution in [1.29, 1.82) is 10.5 Å². The molecular weight excluding hydrogens is 354 g/mol. The summed E-state index contributed by atoms with van der Waals surface area (Å²) >= 11 is 0. The highest BCUT2D eigenvalue weighted by molar-refractivity contribution is 6.00. The van der Waals surface area contributed by atoms with Crippen molar-refractivity contribution >= 4 is 11.5 Å². The molecule has 1 fully saturated rings. The van der Waals surface area contributed by atoms with Crippen LogP contribution in [0.2, 0.25) is 0 Å². The molecule has 7 nitrogen and oxygen atoms in total. The molecule has 1 aliphatic heterocycles. The van der Waals surface area contributed by atoms with E-state index >= 15 is 0 Å². The van der Waals surface area contributed by atoms with Gasteiger partial charge in [0.2, 0.25) is 0 Å². The SMILES string of the molecule is CCCOC1(OCCC)N=C(N)C2(C#N)C(c3ccc(N(C)C)cc3)C12C#N. The van der Waals surface area contributed by atoms with Crippen molar-refractivity contribution in [2.75, 3.05) is 32.2 Å². The van der Waals surface area contributed by atoms with E-state index in [9.17, 15) is 10.5 Å². The lowest BCUT2D eigenvalue weighted by atomic mass is 9.93. The Bertz CT molecular complexity index is 843. The number of nitriles is 2. The molecule has 28 heavy (non-hydrogen) atoms. The van der Waals surface area contributed by atoms with Gasteiger partial charge in [-0.05, 0) is 30.5 Å². The zero-order chi connectivity index (χ0) is 20.6. The molecule has 7 heteroatoms. The van der Waals surface area contributed by atoms with Gasteiger partial charge < -0.3 is 20.1 Å². The van der Waals surface area contributed by atoms with Gasteiger partial charge in [0.1, 0.15) is 11.3 Å². The summed E-state index contributed by atoms with van der Waals surface area (Å²) < 4.78 is 12.1. The van der Waals surface area contributed by atoms with Crippen LogP contribution in [0.25, 0.3) is 0 Å². The first kappa shape index (κ1) is 20.1. The first-order valence-electron chi connectivity index (χ1n) is 9.64. The van der Waals surface area contributed by atoms with Crippen LogP contribution in [0.1, 0.15) is 38.2 Å². The minimum Gasteiger partial charge on any atom is -0.386 e. The monoisotopic (exact) mass is 381 g/mol. The molecule has 0 saturated heterocycles. The highest BCUT2D eigenvalue weighted by atomic mass is 16.7. The molecule has 1 saturated carbocycles. The number of rotatable bonds is 8. The van der Waals surface area contributed by atoms with Gasteiger partial charge in [-0.15, -0.1) is 0 Å². The van der Waals surface area contributed by atoms with Crippen LogP contribution in [0.15, 0.2) is 29.3 Å². The number of ether oxygens (including phenoxy) is 2. The maximum Gasteiger partial charge on any atom is 0.293 e.